The molecule has 0 spiro atoms. The van der Waals surface area contributed by atoms with Crippen LogP contribution in [0.5, 0.6) is 0 Å². The molecule has 1 atom stereocenters. The molecule has 0 aromatic heterocycles. The summed E-state index contributed by atoms with van der Waals surface area (Å²) in [5, 5.41) is 3.46. The molecule has 1 N–H and O–H groups in total. The maximum absolute atomic E-state index is 3.46. The van der Waals surface area contributed by atoms with Crippen molar-refractivity contribution in [1.29, 1.82) is 0 Å². The minimum absolute atomic E-state index is 0.548. The number of hydrogen-bond acceptors (Lipinski definition) is 2. The zero-order chi connectivity index (χ0) is 12.7. The molecule has 96 valence electrons. The number of benzene rings is 1. The molecule has 1 aromatic carbocycles. The van der Waals surface area contributed by atoms with Gasteiger partial charge in [-0.1, -0.05) is 46.2 Å². The predicted octanol–water partition coefficient (Wildman–Crippen LogP) is 4.32. The summed E-state index contributed by atoms with van der Waals surface area (Å²) < 4.78 is 0. The van der Waals surface area contributed by atoms with Crippen LogP contribution in [-0.2, 0) is 6.54 Å². The summed E-state index contributed by atoms with van der Waals surface area (Å²) >= 11 is 1.97. The van der Waals surface area contributed by atoms with E-state index < -0.39 is 0 Å². The predicted molar refractivity (Wildman–Crippen MR) is 78.6 cm³/mol. The molecule has 17 heavy (non-hydrogen) atoms. The van der Waals surface area contributed by atoms with Gasteiger partial charge in [0.1, 0.15) is 0 Å². The molecule has 0 radical (unpaired) electrons. The summed E-state index contributed by atoms with van der Waals surface area (Å²) in [5.41, 5.74) is 1.38. The van der Waals surface area contributed by atoms with Gasteiger partial charge in [-0.2, -0.15) is 0 Å². The van der Waals surface area contributed by atoms with Crippen molar-refractivity contribution in [3.05, 3.63) is 29.8 Å². The Morgan fingerprint density at radius 2 is 2.00 bits per heavy atom. The van der Waals surface area contributed by atoms with Crippen molar-refractivity contribution in [1.82, 2.24) is 5.32 Å². The van der Waals surface area contributed by atoms with Gasteiger partial charge in [0.15, 0.2) is 0 Å². The van der Waals surface area contributed by atoms with Crippen LogP contribution in [-0.4, -0.2) is 11.8 Å². The lowest BCUT2D eigenvalue weighted by molar-refractivity contribution is 0.588. The second kappa shape index (κ2) is 7.78. The van der Waals surface area contributed by atoms with Gasteiger partial charge >= 0.3 is 0 Å². The number of hydrogen-bond donors (Lipinski definition) is 1. The number of rotatable bonds is 7. The van der Waals surface area contributed by atoms with Gasteiger partial charge in [0.05, 0.1) is 0 Å². The van der Waals surface area contributed by atoms with Crippen LogP contribution in [0.15, 0.2) is 29.2 Å². The molecule has 1 nitrogen and oxygen atoms in total. The second-order valence-corrected chi connectivity index (χ2v) is 6.10. The molecule has 1 aromatic rings. The summed E-state index contributed by atoms with van der Waals surface area (Å²) in [6.07, 6.45) is 1.27. The zero-order valence-corrected chi connectivity index (χ0v) is 12.3. The van der Waals surface area contributed by atoms with Crippen LogP contribution in [0, 0.1) is 5.92 Å². The largest absolute Gasteiger partial charge is 0.310 e. The first-order valence-corrected chi connectivity index (χ1v) is 7.55. The molecule has 0 fully saturated rings. The van der Waals surface area contributed by atoms with Crippen LogP contribution in [0.25, 0.3) is 0 Å². The highest BCUT2D eigenvalue weighted by atomic mass is 32.2. The smallest absolute Gasteiger partial charge is 0.0208 e. The van der Waals surface area contributed by atoms with E-state index in [9.17, 15) is 0 Å². The van der Waals surface area contributed by atoms with Crippen LogP contribution in [0.4, 0.5) is 0 Å². The highest BCUT2D eigenvalue weighted by Crippen LogP contribution is 2.22. The molecule has 1 rings (SSSR count). The molecule has 0 bridgehead atoms. The van der Waals surface area contributed by atoms with Crippen molar-refractivity contribution in [3.63, 3.8) is 0 Å². The van der Waals surface area contributed by atoms with Gasteiger partial charge < -0.3 is 5.32 Å². The average Bonchev–Trinajstić information content (AvgIpc) is 2.34. The van der Waals surface area contributed by atoms with E-state index in [2.05, 4.69) is 57.3 Å². The van der Waals surface area contributed by atoms with Gasteiger partial charge in [0.2, 0.25) is 0 Å². The molecule has 0 saturated heterocycles. The van der Waals surface area contributed by atoms with E-state index in [4.69, 9.17) is 0 Å². The molecular formula is C15H25NS. The van der Waals surface area contributed by atoms with Gasteiger partial charge in [-0.15, -0.1) is 11.8 Å². The van der Waals surface area contributed by atoms with Gasteiger partial charge in [-0.3, -0.25) is 0 Å². The molecule has 2 heteroatoms. The summed E-state index contributed by atoms with van der Waals surface area (Å²) in [5.74, 6) is 2.02. The van der Waals surface area contributed by atoms with Crippen molar-refractivity contribution >= 4 is 11.8 Å². The number of nitrogens with one attached hydrogen (secondary N) is 1. The first-order chi connectivity index (χ1) is 8.11. The SMILES string of the molecule is CCC(C)CSc1cccc(CNC(C)C)c1. The van der Waals surface area contributed by atoms with E-state index >= 15 is 0 Å². The van der Waals surface area contributed by atoms with E-state index in [1.807, 2.05) is 11.8 Å². The summed E-state index contributed by atoms with van der Waals surface area (Å²) in [6, 6.07) is 9.43. The molecule has 0 aliphatic carbocycles. The normalized spacial score (nSPS) is 13.0. The molecule has 0 aliphatic heterocycles. The number of thioether (sulfide) groups is 1. The highest BCUT2D eigenvalue weighted by Gasteiger charge is 2.02. The Hall–Kier alpha value is -0.470. The first kappa shape index (κ1) is 14.6. The van der Waals surface area contributed by atoms with Gasteiger partial charge in [0, 0.05) is 23.2 Å². The van der Waals surface area contributed by atoms with Gasteiger partial charge in [0.25, 0.3) is 0 Å². The lowest BCUT2D eigenvalue weighted by atomic mass is 10.2. The average molecular weight is 251 g/mol. The van der Waals surface area contributed by atoms with Crippen molar-refractivity contribution in [2.45, 2.75) is 51.6 Å². The van der Waals surface area contributed by atoms with Gasteiger partial charge in [-0.25, -0.2) is 0 Å². The van der Waals surface area contributed by atoms with E-state index in [1.165, 1.54) is 22.6 Å². The summed E-state index contributed by atoms with van der Waals surface area (Å²) in [6.45, 7) is 9.91. The first-order valence-electron chi connectivity index (χ1n) is 6.57. The Bertz CT molecular complexity index is 322. The Morgan fingerprint density at radius 3 is 2.65 bits per heavy atom. The van der Waals surface area contributed by atoms with Crippen LogP contribution in [0.3, 0.4) is 0 Å². The third kappa shape index (κ3) is 6.13. The highest BCUT2D eigenvalue weighted by molar-refractivity contribution is 7.99. The van der Waals surface area contributed by atoms with Crippen LogP contribution < -0.4 is 5.32 Å². The molecule has 0 amide bonds. The lowest BCUT2D eigenvalue weighted by Gasteiger charge is -2.11. The maximum Gasteiger partial charge on any atom is 0.0208 e. The Balaban J connectivity index is 2.47. The van der Waals surface area contributed by atoms with E-state index in [0.717, 1.165) is 12.5 Å². The molecule has 0 heterocycles. The fourth-order valence-electron chi connectivity index (χ4n) is 1.42. The third-order valence-corrected chi connectivity index (χ3v) is 4.17. The standard InChI is InChI=1S/C15H25NS/c1-5-13(4)11-17-15-8-6-7-14(9-15)10-16-12(2)3/h6-9,12-13,16H,5,10-11H2,1-4H3. The molecule has 1 unspecified atom stereocenters. The Morgan fingerprint density at radius 1 is 1.24 bits per heavy atom. The minimum atomic E-state index is 0.548. The topological polar surface area (TPSA) is 12.0 Å². The quantitative estimate of drug-likeness (QED) is 0.724. The lowest BCUT2D eigenvalue weighted by Crippen LogP contribution is -2.21. The van der Waals surface area contributed by atoms with Crippen LogP contribution in [0.2, 0.25) is 0 Å². The molecular weight excluding hydrogens is 226 g/mol. The fraction of sp³-hybridized carbons (Fsp3) is 0.600. The van der Waals surface area contributed by atoms with Gasteiger partial charge in [-0.05, 0) is 23.6 Å². The van der Waals surface area contributed by atoms with Crippen molar-refractivity contribution < 1.29 is 0 Å². The van der Waals surface area contributed by atoms with Crippen molar-refractivity contribution in [2.75, 3.05) is 5.75 Å². The summed E-state index contributed by atoms with van der Waals surface area (Å²) in [4.78, 5) is 1.40. The summed E-state index contributed by atoms with van der Waals surface area (Å²) in [7, 11) is 0. The monoisotopic (exact) mass is 251 g/mol. The van der Waals surface area contributed by atoms with Crippen LogP contribution >= 0.6 is 11.8 Å². The van der Waals surface area contributed by atoms with Crippen molar-refractivity contribution in [2.24, 2.45) is 5.92 Å². The zero-order valence-electron chi connectivity index (χ0n) is 11.5. The second-order valence-electron chi connectivity index (χ2n) is 5.01. The third-order valence-electron chi connectivity index (χ3n) is 2.84. The molecule has 0 aliphatic rings. The fourth-order valence-corrected chi connectivity index (χ4v) is 2.55. The maximum atomic E-state index is 3.46. The van der Waals surface area contributed by atoms with E-state index in [-0.39, 0.29) is 0 Å². The van der Waals surface area contributed by atoms with Crippen LogP contribution in [0.1, 0.15) is 39.7 Å². The van der Waals surface area contributed by atoms with E-state index in [0.29, 0.717) is 6.04 Å². The Kier molecular flexibility index (Phi) is 6.68. The van der Waals surface area contributed by atoms with E-state index in [1.54, 1.807) is 0 Å². The Labute approximate surface area is 110 Å². The minimum Gasteiger partial charge on any atom is -0.310 e. The van der Waals surface area contributed by atoms with Crippen molar-refractivity contribution in [3.8, 4) is 0 Å². The molecule has 0 saturated carbocycles.